The van der Waals surface area contributed by atoms with Crippen molar-refractivity contribution in [3.8, 4) is 0 Å². The third-order valence-corrected chi connectivity index (χ3v) is 5.07. The summed E-state index contributed by atoms with van der Waals surface area (Å²) in [5.41, 5.74) is 1.35. The van der Waals surface area contributed by atoms with Crippen LogP contribution in [-0.4, -0.2) is 57.5 Å². The molecule has 2 aromatic rings. The molecule has 1 amide bonds. The van der Waals surface area contributed by atoms with Gasteiger partial charge in [0.25, 0.3) is 5.91 Å². The van der Waals surface area contributed by atoms with Crippen LogP contribution >= 0.6 is 0 Å². The van der Waals surface area contributed by atoms with Crippen molar-refractivity contribution in [1.82, 2.24) is 19.7 Å². The summed E-state index contributed by atoms with van der Waals surface area (Å²) in [5.74, 6) is 0.292. The minimum atomic E-state index is -0.247. The lowest BCUT2D eigenvalue weighted by Crippen LogP contribution is -2.66. The molecule has 2 saturated heterocycles. The molecule has 7 nitrogen and oxygen atoms in total. The molecule has 1 atom stereocenters. The second-order valence-electron chi connectivity index (χ2n) is 6.81. The van der Waals surface area contributed by atoms with Gasteiger partial charge in [-0.25, -0.2) is 0 Å². The van der Waals surface area contributed by atoms with Crippen molar-refractivity contribution in [2.24, 2.45) is 13.0 Å². The Kier molecular flexibility index (Phi) is 4.27. The summed E-state index contributed by atoms with van der Waals surface area (Å²) in [7, 11) is 1.81. The van der Waals surface area contributed by atoms with E-state index in [1.165, 1.54) is 0 Å². The van der Waals surface area contributed by atoms with Crippen LogP contribution in [0.4, 0.5) is 0 Å². The topological polar surface area (TPSA) is 69.5 Å². The molecule has 7 heteroatoms. The van der Waals surface area contributed by atoms with E-state index in [1.54, 1.807) is 29.3 Å². The van der Waals surface area contributed by atoms with Crippen molar-refractivity contribution in [3.05, 3.63) is 48.0 Å². The summed E-state index contributed by atoms with van der Waals surface area (Å²) < 4.78 is 13.5. The predicted octanol–water partition coefficient (Wildman–Crippen LogP) is 1.26. The van der Waals surface area contributed by atoms with Gasteiger partial charge in [0.05, 0.1) is 26.3 Å². The summed E-state index contributed by atoms with van der Waals surface area (Å²) in [5, 5.41) is 4.19. The van der Waals surface area contributed by atoms with Gasteiger partial charge in [-0.2, -0.15) is 5.10 Å². The van der Waals surface area contributed by atoms with Gasteiger partial charge in [-0.1, -0.05) is 0 Å². The molecule has 1 unspecified atom stereocenters. The number of carbonyl (C=O) groups is 1. The second-order valence-corrected chi connectivity index (χ2v) is 6.81. The average Bonchev–Trinajstić information content (AvgIpc) is 3.20. The zero-order valence-corrected chi connectivity index (χ0v) is 14.3. The van der Waals surface area contributed by atoms with Crippen LogP contribution in [0.2, 0.25) is 0 Å². The van der Waals surface area contributed by atoms with E-state index in [2.05, 4.69) is 10.1 Å². The first-order valence-corrected chi connectivity index (χ1v) is 8.56. The minimum absolute atomic E-state index is 0.0295. The highest BCUT2D eigenvalue weighted by Crippen LogP contribution is 2.40. The molecule has 0 aliphatic carbocycles. The Morgan fingerprint density at radius 2 is 2.16 bits per heavy atom. The maximum Gasteiger partial charge on any atom is 0.274 e. The van der Waals surface area contributed by atoms with E-state index in [0.29, 0.717) is 37.9 Å². The van der Waals surface area contributed by atoms with Gasteiger partial charge in [0.15, 0.2) is 0 Å². The van der Waals surface area contributed by atoms with Gasteiger partial charge in [0.1, 0.15) is 11.3 Å². The average molecular weight is 342 g/mol. The number of pyridine rings is 1. The Morgan fingerprint density at radius 3 is 2.88 bits per heavy atom. The highest BCUT2D eigenvalue weighted by Gasteiger charge is 2.54. The number of amides is 1. The van der Waals surface area contributed by atoms with Crippen LogP contribution < -0.4 is 0 Å². The Morgan fingerprint density at radius 1 is 1.36 bits per heavy atom. The van der Waals surface area contributed by atoms with Crippen LogP contribution in [0.1, 0.15) is 22.5 Å². The van der Waals surface area contributed by atoms with Crippen LogP contribution in [0, 0.1) is 5.92 Å². The summed E-state index contributed by atoms with van der Waals surface area (Å²) in [6.07, 6.45) is 6.30. The summed E-state index contributed by atoms with van der Waals surface area (Å²) in [6, 6.07) is 5.66. The fraction of sp³-hybridized carbons (Fsp3) is 0.500. The number of likely N-dealkylation sites (tertiary alicyclic amines) is 1. The van der Waals surface area contributed by atoms with Crippen LogP contribution in [-0.2, 0) is 23.1 Å². The molecule has 2 aromatic heterocycles. The lowest BCUT2D eigenvalue weighted by molar-refractivity contribution is -0.129. The maximum absolute atomic E-state index is 12.4. The molecule has 0 saturated carbocycles. The Bertz CT molecular complexity index is 740. The van der Waals surface area contributed by atoms with Crippen LogP contribution in [0.15, 0.2) is 36.8 Å². The third-order valence-electron chi connectivity index (χ3n) is 5.07. The first kappa shape index (κ1) is 16.2. The molecular formula is C18H22N4O3. The molecular weight excluding hydrogens is 320 g/mol. The molecule has 132 valence electrons. The standard InChI is InChI=1S/C18H22N4O3/c1-21-8-4-16(20-21)17(23)22-12-18(13-22)15(5-9-25-18)11-24-10-14-2-6-19-7-3-14/h2-4,6-8,15H,5,9-13H2,1H3. The molecule has 2 aliphatic rings. The van der Waals surface area contributed by atoms with Crippen molar-refractivity contribution >= 4 is 5.91 Å². The Labute approximate surface area is 146 Å². The fourth-order valence-corrected chi connectivity index (χ4v) is 3.60. The minimum Gasteiger partial charge on any atom is -0.376 e. The van der Waals surface area contributed by atoms with E-state index in [4.69, 9.17) is 9.47 Å². The Balaban J connectivity index is 1.31. The largest absolute Gasteiger partial charge is 0.376 e. The Hall–Kier alpha value is -2.25. The first-order chi connectivity index (χ1) is 12.2. The van der Waals surface area contributed by atoms with Gasteiger partial charge in [-0.05, 0) is 30.2 Å². The van der Waals surface area contributed by atoms with E-state index in [0.717, 1.165) is 18.6 Å². The number of carbonyl (C=O) groups excluding carboxylic acids is 1. The normalized spacial score (nSPS) is 21.5. The fourth-order valence-electron chi connectivity index (χ4n) is 3.60. The van der Waals surface area contributed by atoms with Gasteiger partial charge >= 0.3 is 0 Å². The quantitative estimate of drug-likeness (QED) is 0.818. The number of aromatic nitrogens is 3. The second kappa shape index (κ2) is 6.57. The number of aryl methyl sites for hydroxylation is 1. The third kappa shape index (κ3) is 3.17. The summed E-state index contributed by atoms with van der Waals surface area (Å²) >= 11 is 0. The number of hydrogen-bond acceptors (Lipinski definition) is 5. The molecule has 4 heterocycles. The van der Waals surface area contributed by atoms with Crippen molar-refractivity contribution in [3.63, 3.8) is 0 Å². The van der Waals surface area contributed by atoms with Crippen molar-refractivity contribution in [2.45, 2.75) is 18.6 Å². The van der Waals surface area contributed by atoms with Crippen LogP contribution in [0.3, 0.4) is 0 Å². The smallest absolute Gasteiger partial charge is 0.274 e. The highest BCUT2D eigenvalue weighted by atomic mass is 16.5. The summed E-state index contributed by atoms with van der Waals surface area (Å²) in [6.45, 7) is 3.19. The van der Waals surface area contributed by atoms with Crippen LogP contribution in [0.25, 0.3) is 0 Å². The van der Waals surface area contributed by atoms with Crippen molar-refractivity contribution < 1.29 is 14.3 Å². The lowest BCUT2D eigenvalue weighted by atomic mass is 9.81. The van der Waals surface area contributed by atoms with Gasteiger partial charge < -0.3 is 14.4 Å². The zero-order chi connectivity index (χ0) is 17.3. The number of hydrogen-bond donors (Lipinski definition) is 0. The molecule has 0 radical (unpaired) electrons. The maximum atomic E-state index is 12.4. The van der Waals surface area contributed by atoms with Gasteiger partial charge in [-0.3, -0.25) is 14.5 Å². The zero-order valence-electron chi connectivity index (χ0n) is 14.3. The molecule has 25 heavy (non-hydrogen) atoms. The van der Waals surface area contributed by atoms with Crippen LogP contribution in [0.5, 0.6) is 0 Å². The van der Waals surface area contributed by atoms with E-state index in [9.17, 15) is 4.79 Å². The van der Waals surface area contributed by atoms with E-state index >= 15 is 0 Å². The number of ether oxygens (including phenoxy) is 2. The van der Waals surface area contributed by atoms with Gasteiger partial charge in [-0.15, -0.1) is 0 Å². The molecule has 1 spiro atoms. The lowest BCUT2D eigenvalue weighted by Gasteiger charge is -2.49. The van der Waals surface area contributed by atoms with Gasteiger partial charge in [0.2, 0.25) is 0 Å². The SMILES string of the molecule is Cn1ccc(C(=O)N2CC3(C2)OCCC3COCc2ccncc2)n1. The molecule has 0 N–H and O–H groups in total. The van der Waals surface area contributed by atoms with Crippen molar-refractivity contribution in [2.75, 3.05) is 26.3 Å². The molecule has 2 aliphatic heterocycles. The molecule has 0 bridgehead atoms. The van der Waals surface area contributed by atoms with E-state index in [1.807, 2.05) is 24.1 Å². The highest BCUT2D eigenvalue weighted by molar-refractivity contribution is 5.93. The number of rotatable bonds is 5. The van der Waals surface area contributed by atoms with E-state index < -0.39 is 0 Å². The van der Waals surface area contributed by atoms with Crippen molar-refractivity contribution in [1.29, 1.82) is 0 Å². The predicted molar refractivity (Wildman–Crippen MR) is 89.8 cm³/mol. The molecule has 0 aromatic carbocycles. The van der Waals surface area contributed by atoms with E-state index in [-0.39, 0.29) is 11.5 Å². The summed E-state index contributed by atoms with van der Waals surface area (Å²) in [4.78, 5) is 18.3. The van der Waals surface area contributed by atoms with Gasteiger partial charge in [0, 0.05) is 38.2 Å². The monoisotopic (exact) mass is 342 g/mol. The first-order valence-electron chi connectivity index (χ1n) is 8.56. The molecule has 4 rings (SSSR count). The number of nitrogens with zero attached hydrogens (tertiary/aromatic N) is 4. The molecule has 2 fully saturated rings.